The third-order valence-electron chi connectivity index (χ3n) is 0.922. The summed E-state index contributed by atoms with van der Waals surface area (Å²) in [5, 5.41) is 0. The molecular formula is C5H7O6S-. The van der Waals surface area contributed by atoms with Crippen molar-refractivity contribution in [1.29, 1.82) is 0 Å². The molecule has 0 saturated heterocycles. The summed E-state index contributed by atoms with van der Waals surface area (Å²) in [5.74, 6) is -1.57. The van der Waals surface area contributed by atoms with Crippen LogP contribution in [0.2, 0.25) is 0 Å². The molecule has 70 valence electrons. The highest BCUT2D eigenvalue weighted by Crippen LogP contribution is 1.95. The van der Waals surface area contributed by atoms with Gasteiger partial charge in [-0.1, -0.05) is 0 Å². The third kappa shape index (κ3) is 5.81. The van der Waals surface area contributed by atoms with Gasteiger partial charge in [0.05, 0.1) is 20.0 Å². The standard InChI is InChI=1S/C5H8O6S/c1-10-4(6)2-3-5(7)11-12(8)9/h2-3H2,1H3,(H,8,9)/p-1. The van der Waals surface area contributed by atoms with E-state index in [0.29, 0.717) is 0 Å². The fourth-order valence-electron chi connectivity index (χ4n) is 0.424. The van der Waals surface area contributed by atoms with Gasteiger partial charge in [0.25, 0.3) is 0 Å². The maximum Gasteiger partial charge on any atom is 0.319 e. The molecule has 0 N–H and O–H groups in total. The van der Waals surface area contributed by atoms with Crippen molar-refractivity contribution in [3.8, 4) is 0 Å². The van der Waals surface area contributed by atoms with Crippen LogP contribution in [0, 0.1) is 0 Å². The minimum Gasteiger partial charge on any atom is -0.740 e. The lowest BCUT2D eigenvalue weighted by molar-refractivity contribution is -0.144. The van der Waals surface area contributed by atoms with E-state index in [-0.39, 0.29) is 12.8 Å². The van der Waals surface area contributed by atoms with Crippen LogP contribution in [0.5, 0.6) is 0 Å². The summed E-state index contributed by atoms with van der Waals surface area (Å²) in [6, 6.07) is 0. The summed E-state index contributed by atoms with van der Waals surface area (Å²) in [5.41, 5.74) is 0. The Kier molecular flexibility index (Phi) is 5.22. The molecule has 0 heterocycles. The predicted molar refractivity (Wildman–Crippen MR) is 36.3 cm³/mol. The van der Waals surface area contributed by atoms with Gasteiger partial charge in [-0.2, -0.15) is 0 Å². The van der Waals surface area contributed by atoms with E-state index in [0.717, 1.165) is 0 Å². The van der Waals surface area contributed by atoms with Gasteiger partial charge in [0, 0.05) is 0 Å². The molecule has 0 spiro atoms. The Morgan fingerprint density at radius 1 is 1.33 bits per heavy atom. The fraction of sp³-hybridized carbons (Fsp3) is 0.600. The summed E-state index contributed by atoms with van der Waals surface area (Å²) in [6.07, 6.45) is -0.493. The quantitative estimate of drug-likeness (QED) is 0.434. The monoisotopic (exact) mass is 195 g/mol. The van der Waals surface area contributed by atoms with Gasteiger partial charge in [-0.25, -0.2) is 4.21 Å². The second-order valence-electron chi connectivity index (χ2n) is 1.74. The van der Waals surface area contributed by atoms with Crippen LogP contribution in [-0.4, -0.2) is 27.8 Å². The van der Waals surface area contributed by atoms with Gasteiger partial charge in [0.1, 0.15) is 11.4 Å². The molecule has 0 rings (SSSR count). The van der Waals surface area contributed by atoms with E-state index in [1.807, 2.05) is 0 Å². The van der Waals surface area contributed by atoms with Crippen molar-refractivity contribution in [1.82, 2.24) is 0 Å². The zero-order valence-corrected chi connectivity index (χ0v) is 7.09. The molecule has 0 radical (unpaired) electrons. The number of ether oxygens (including phenoxy) is 1. The molecule has 1 atom stereocenters. The zero-order chi connectivity index (χ0) is 9.56. The molecular weight excluding hydrogens is 188 g/mol. The number of carbonyl (C=O) groups excluding carboxylic acids is 2. The van der Waals surface area contributed by atoms with Crippen LogP contribution in [0.3, 0.4) is 0 Å². The molecule has 0 bridgehead atoms. The van der Waals surface area contributed by atoms with E-state index in [2.05, 4.69) is 8.92 Å². The molecule has 0 aromatic carbocycles. The van der Waals surface area contributed by atoms with Crippen molar-refractivity contribution in [3.63, 3.8) is 0 Å². The first-order chi connectivity index (χ1) is 5.56. The number of hydrogen-bond donors (Lipinski definition) is 0. The van der Waals surface area contributed by atoms with Crippen molar-refractivity contribution < 1.29 is 27.3 Å². The summed E-state index contributed by atoms with van der Waals surface area (Å²) < 4.78 is 27.4. The van der Waals surface area contributed by atoms with Gasteiger partial charge >= 0.3 is 11.9 Å². The second kappa shape index (κ2) is 5.67. The van der Waals surface area contributed by atoms with Gasteiger partial charge in [0.15, 0.2) is 0 Å². The number of carbonyl (C=O) groups is 2. The van der Waals surface area contributed by atoms with E-state index in [1.54, 1.807) is 0 Å². The molecule has 0 aliphatic heterocycles. The van der Waals surface area contributed by atoms with Gasteiger partial charge < -0.3 is 13.5 Å². The predicted octanol–water partition coefficient (Wildman–Crippen LogP) is -0.723. The van der Waals surface area contributed by atoms with Crippen LogP contribution in [0.4, 0.5) is 0 Å². The van der Waals surface area contributed by atoms with Gasteiger partial charge in [-0.15, -0.1) is 0 Å². The summed E-state index contributed by atoms with van der Waals surface area (Å²) >= 11 is -2.86. The SMILES string of the molecule is COC(=O)CCC(=O)OS(=O)[O-]. The van der Waals surface area contributed by atoms with Crippen molar-refractivity contribution in [2.45, 2.75) is 12.8 Å². The van der Waals surface area contributed by atoms with Crippen LogP contribution < -0.4 is 0 Å². The summed E-state index contributed by atoms with van der Waals surface area (Å²) in [6.45, 7) is 0. The Labute approximate surface area is 71.3 Å². The Morgan fingerprint density at radius 2 is 1.83 bits per heavy atom. The van der Waals surface area contributed by atoms with Gasteiger partial charge in [-0.05, 0) is 0 Å². The first-order valence-electron chi connectivity index (χ1n) is 2.93. The molecule has 1 unspecified atom stereocenters. The highest BCUT2D eigenvalue weighted by molar-refractivity contribution is 7.74. The van der Waals surface area contributed by atoms with Crippen molar-refractivity contribution in [3.05, 3.63) is 0 Å². The van der Waals surface area contributed by atoms with Crippen LogP contribution in [0.25, 0.3) is 0 Å². The lowest BCUT2D eigenvalue weighted by Crippen LogP contribution is -2.09. The number of hydrogen-bond acceptors (Lipinski definition) is 6. The van der Waals surface area contributed by atoms with Crippen LogP contribution in [-0.2, 0) is 29.9 Å². The Hall–Kier alpha value is -0.950. The topological polar surface area (TPSA) is 92.7 Å². The van der Waals surface area contributed by atoms with E-state index in [9.17, 15) is 18.4 Å². The van der Waals surface area contributed by atoms with E-state index in [4.69, 9.17) is 0 Å². The highest BCUT2D eigenvalue weighted by atomic mass is 32.2. The molecule has 0 amide bonds. The first kappa shape index (κ1) is 11.1. The Morgan fingerprint density at radius 3 is 2.25 bits per heavy atom. The largest absolute Gasteiger partial charge is 0.740 e. The smallest absolute Gasteiger partial charge is 0.319 e. The highest BCUT2D eigenvalue weighted by Gasteiger charge is 2.07. The molecule has 0 fully saturated rings. The van der Waals surface area contributed by atoms with Crippen molar-refractivity contribution in [2.75, 3.05) is 7.11 Å². The average molecular weight is 195 g/mol. The molecule has 0 aromatic heterocycles. The lowest BCUT2D eigenvalue weighted by Gasteiger charge is -2.03. The van der Waals surface area contributed by atoms with Crippen molar-refractivity contribution in [2.24, 2.45) is 0 Å². The van der Waals surface area contributed by atoms with Crippen LogP contribution >= 0.6 is 0 Å². The van der Waals surface area contributed by atoms with Crippen LogP contribution in [0.15, 0.2) is 0 Å². The molecule has 0 aromatic rings. The van der Waals surface area contributed by atoms with Gasteiger partial charge in [-0.3, -0.25) is 9.59 Å². The van der Waals surface area contributed by atoms with E-state index in [1.165, 1.54) is 7.11 Å². The molecule has 6 nitrogen and oxygen atoms in total. The third-order valence-corrected chi connectivity index (χ3v) is 1.24. The summed E-state index contributed by atoms with van der Waals surface area (Å²) in [4.78, 5) is 20.9. The second-order valence-corrected chi connectivity index (χ2v) is 2.31. The number of methoxy groups -OCH3 is 1. The number of rotatable bonds is 4. The molecule has 0 aliphatic rings. The zero-order valence-electron chi connectivity index (χ0n) is 6.27. The molecule has 12 heavy (non-hydrogen) atoms. The van der Waals surface area contributed by atoms with E-state index >= 15 is 0 Å². The number of esters is 1. The first-order valence-corrected chi connectivity index (χ1v) is 3.93. The average Bonchev–Trinajstić information content (AvgIpc) is 1.99. The maximum atomic E-state index is 10.5. The normalized spacial score (nSPS) is 11.8. The Balaban J connectivity index is 3.57. The molecule has 0 aliphatic carbocycles. The molecule has 7 heteroatoms. The Bertz CT molecular complexity index is 200. The maximum absolute atomic E-state index is 10.5. The molecule has 0 saturated carbocycles. The lowest BCUT2D eigenvalue weighted by atomic mass is 10.3. The minimum atomic E-state index is -2.86. The summed E-state index contributed by atoms with van der Waals surface area (Å²) in [7, 11) is 1.17. The minimum absolute atomic E-state index is 0.188. The van der Waals surface area contributed by atoms with Gasteiger partial charge in [0.2, 0.25) is 0 Å². The van der Waals surface area contributed by atoms with Crippen LogP contribution in [0.1, 0.15) is 12.8 Å². The fourth-order valence-corrected chi connectivity index (χ4v) is 0.659. The van der Waals surface area contributed by atoms with E-state index < -0.39 is 23.3 Å². The van der Waals surface area contributed by atoms with Crippen molar-refractivity contribution >= 4 is 23.3 Å².